The molecule has 144 valence electrons. The normalized spacial score (nSPS) is 14.8. The van der Waals surface area contributed by atoms with Gasteiger partial charge < -0.3 is 14.7 Å². The maximum atomic E-state index is 12.4. The highest BCUT2D eigenvalue weighted by atomic mass is 16.5. The largest absolute Gasteiger partial charge is 0.352 e. The molecule has 0 saturated carbocycles. The summed E-state index contributed by atoms with van der Waals surface area (Å²) in [6, 6.07) is 12.3. The Bertz CT molecular complexity index is 933. The minimum atomic E-state index is 0.00619. The van der Waals surface area contributed by atoms with Crippen LogP contribution in [0.25, 0.3) is 11.4 Å². The zero-order chi connectivity index (χ0) is 19.3. The third-order valence-corrected chi connectivity index (χ3v) is 5.13. The second-order valence-electron chi connectivity index (χ2n) is 7.06. The molecule has 1 N–H and O–H groups in total. The molecule has 1 aliphatic heterocycles. The van der Waals surface area contributed by atoms with Gasteiger partial charge in [0.2, 0.25) is 11.7 Å². The molecule has 0 unspecified atom stereocenters. The van der Waals surface area contributed by atoms with E-state index < -0.39 is 0 Å². The van der Waals surface area contributed by atoms with E-state index in [4.69, 9.17) is 4.52 Å². The Morgan fingerprint density at radius 1 is 1.21 bits per heavy atom. The van der Waals surface area contributed by atoms with Gasteiger partial charge in [-0.25, -0.2) is 0 Å². The molecule has 7 nitrogen and oxygen atoms in total. The highest BCUT2D eigenvalue weighted by molar-refractivity contribution is 5.78. The van der Waals surface area contributed by atoms with E-state index >= 15 is 0 Å². The molecule has 0 bridgehead atoms. The Morgan fingerprint density at radius 2 is 2.04 bits per heavy atom. The lowest BCUT2D eigenvalue weighted by Crippen LogP contribution is -2.40. The highest BCUT2D eigenvalue weighted by Gasteiger charge is 2.27. The summed E-state index contributed by atoms with van der Waals surface area (Å²) in [5.41, 5.74) is 3.09. The van der Waals surface area contributed by atoms with Gasteiger partial charge in [0.25, 0.3) is 0 Å². The van der Waals surface area contributed by atoms with Crippen LogP contribution < -0.4 is 10.2 Å². The quantitative estimate of drug-likeness (QED) is 0.736. The van der Waals surface area contributed by atoms with Crippen LogP contribution >= 0.6 is 0 Å². The Labute approximate surface area is 163 Å². The van der Waals surface area contributed by atoms with Crippen LogP contribution in [0.15, 0.2) is 53.3 Å². The van der Waals surface area contributed by atoms with Gasteiger partial charge in [0.1, 0.15) is 0 Å². The van der Waals surface area contributed by atoms with Gasteiger partial charge in [-0.15, -0.1) is 0 Å². The summed E-state index contributed by atoms with van der Waals surface area (Å²) < 4.78 is 5.47. The molecule has 4 rings (SSSR count). The van der Waals surface area contributed by atoms with Gasteiger partial charge in [0, 0.05) is 43.5 Å². The minimum absolute atomic E-state index is 0.00619. The van der Waals surface area contributed by atoms with Crippen molar-refractivity contribution in [1.82, 2.24) is 20.4 Å². The number of amides is 1. The maximum Gasteiger partial charge on any atom is 0.324 e. The van der Waals surface area contributed by atoms with E-state index in [-0.39, 0.29) is 11.8 Å². The summed E-state index contributed by atoms with van der Waals surface area (Å²) in [6.45, 7) is 3.98. The van der Waals surface area contributed by atoms with E-state index in [9.17, 15) is 4.79 Å². The number of hydrogen-bond acceptors (Lipinski definition) is 6. The Kier molecular flexibility index (Phi) is 5.32. The van der Waals surface area contributed by atoms with E-state index in [2.05, 4.69) is 25.3 Å². The molecule has 3 aromatic rings. The summed E-state index contributed by atoms with van der Waals surface area (Å²) in [6.07, 6.45) is 5.02. The monoisotopic (exact) mass is 377 g/mol. The van der Waals surface area contributed by atoms with Crippen LogP contribution in [0.4, 0.5) is 6.01 Å². The van der Waals surface area contributed by atoms with Crippen LogP contribution in [-0.2, 0) is 11.3 Å². The summed E-state index contributed by atoms with van der Waals surface area (Å²) in [7, 11) is 0. The van der Waals surface area contributed by atoms with E-state index in [1.54, 1.807) is 12.4 Å². The van der Waals surface area contributed by atoms with Crippen molar-refractivity contribution in [3.05, 3.63) is 59.9 Å². The molecule has 3 heterocycles. The number of hydrogen-bond donors (Lipinski definition) is 1. The van der Waals surface area contributed by atoms with Crippen LogP contribution in [0, 0.1) is 12.8 Å². The van der Waals surface area contributed by atoms with E-state index in [1.807, 2.05) is 43.3 Å². The van der Waals surface area contributed by atoms with Gasteiger partial charge in [-0.3, -0.25) is 9.78 Å². The zero-order valence-electron chi connectivity index (χ0n) is 15.8. The smallest absolute Gasteiger partial charge is 0.324 e. The third kappa shape index (κ3) is 4.03. The number of pyridine rings is 1. The van der Waals surface area contributed by atoms with Crippen LogP contribution in [-0.4, -0.2) is 34.1 Å². The van der Waals surface area contributed by atoms with Crippen molar-refractivity contribution in [1.29, 1.82) is 0 Å². The number of nitrogens with one attached hydrogen (secondary N) is 1. The number of aromatic nitrogens is 3. The molecule has 0 aliphatic carbocycles. The summed E-state index contributed by atoms with van der Waals surface area (Å²) >= 11 is 0. The van der Waals surface area contributed by atoms with Crippen molar-refractivity contribution in [3.8, 4) is 11.4 Å². The summed E-state index contributed by atoms with van der Waals surface area (Å²) in [5, 5.41) is 7.13. The minimum Gasteiger partial charge on any atom is -0.352 e. The number of benzene rings is 1. The average Bonchev–Trinajstić information content (AvgIpc) is 3.23. The van der Waals surface area contributed by atoms with Gasteiger partial charge in [0.15, 0.2) is 0 Å². The van der Waals surface area contributed by atoms with Gasteiger partial charge in [0.05, 0.1) is 0 Å². The van der Waals surface area contributed by atoms with E-state index in [0.717, 1.165) is 42.6 Å². The second kappa shape index (κ2) is 8.21. The Hall–Kier alpha value is -3.22. The molecule has 1 fully saturated rings. The topological polar surface area (TPSA) is 84.2 Å². The van der Waals surface area contributed by atoms with Crippen molar-refractivity contribution in [2.24, 2.45) is 5.92 Å². The summed E-state index contributed by atoms with van der Waals surface area (Å²) in [4.78, 5) is 23.1. The highest BCUT2D eigenvalue weighted by Crippen LogP contribution is 2.26. The molecular formula is C21H23N5O2. The first-order chi connectivity index (χ1) is 13.7. The lowest BCUT2D eigenvalue weighted by atomic mass is 9.96. The molecule has 1 saturated heterocycles. The number of carbonyl (C=O) groups excluding carboxylic acids is 1. The fraction of sp³-hybridized carbons (Fsp3) is 0.333. The average molecular weight is 377 g/mol. The predicted octanol–water partition coefficient (Wildman–Crippen LogP) is 2.97. The molecule has 1 aliphatic rings. The Balaban J connectivity index is 1.32. The second-order valence-corrected chi connectivity index (χ2v) is 7.06. The lowest BCUT2D eigenvalue weighted by molar-refractivity contribution is -0.125. The molecule has 28 heavy (non-hydrogen) atoms. The van der Waals surface area contributed by atoms with Crippen molar-refractivity contribution >= 4 is 11.9 Å². The van der Waals surface area contributed by atoms with Gasteiger partial charge in [-0.05, 0) is 37.0 Å². The lowest BCUT2D eigenvalue weighted by Gasteiger charge is -2.29. The molecular weight excluding hydrogens is 354 g/mol. The maximum absolute atomic E-state index is 12.4. The van der Waals surface area contributed by atoms with Crippen molar-refractivity contribution < 1.29 is 9.32 Å². The number of carbonyl (C=O) groups is 1. The molecule has 0 radical (unpaired) electrons. The first kappa shape index (κ1) is 18.2. The van der Waals surface area contributed by atoms with Gasteiger partial charge in [-0.1, -0.05) is 35.5 Å². The SMILES string of the molecule is Cc1ccccc1-c1noc(N2CCC(C(=O)NCc3cccnc3)CC2)n1. The van der Waals surface area contributed by atoms with Gasteiger partial charge >= 0.3 is 6.01 Å². The number of rotatable bonds is 5. The first-order valence-corrected chi connectivity index (χ1v) is 9.52. The first-order valence-electron chi connectivity index (χ1n) is 9.52. The van der Waals surface area contributed by atoms with Crippen molar-refractivity contribution in [2.45, 2.75) is 26.3 Å². The number of nitrogens with zero attached hydrogens (tertiary/aromatic N) is 4. The molecule has 2 aromatic heterocycles. The molecule has 1 amide bonds. The van der Waals surface area contributed by atoms with Gasteiger partial charge in [-0.2, -0.15) is 4.98 Å². The number of piperidine rings is 1. The van der Waals surface area contributed by atoms with E-state index in [1.165, 1.54) is 0 Å². The van der Waals surface area contributed by atoms with Crippen molar-refractivity contribution in [2.75, 3.05) is 18.0 Å². The fourth-order valence-electron chi connectivity index (χ4n) is 3.45. The fourth-order valence-corrected chi connectivity index (χ4v) is 3.45. The molecule has 0 spiro atoms. The van der Waals surface area contributed by atoms with Crippen LogP contribution in [0.5, 0.6) is 0 Å². The van der Waals surface area contributed by atoms with E-state index in [0.29, 0.717) is 18.4 Å². The molecule has 7 heteroatoms. The van der Waals surface area contributed by atoms with Crippen LogP contribution in [0.3, 0.4) is 0 Å². The van der Waals surface area contributed by atoms with Crippen molar-refractivity contribution in [3.63, 3.8) is 0 Å². The Morgan fingerprint density at radius 3 is 2.79 bits per heavy atom. The summed E-state index contributed by atoms with van der Waals surface area (Å²) in [5.74, 6) is 0.700. The number of aryl methyl sites for hydroxylation is 1. The predicted molar refractivity (Wildman–Crippen MR) is 105 cm³/mol. The third-order valence-electron chi connectivity index (χ3n) is 5.13. The van der Waals surface area contributed by atoms with Crippen LogP contribution in [0.1, 0.15) is 24.0 Å². The zero-order valence-corrected chi connectivity index (χ0v) is 15.8. The molecule has 0 atom stereocenters. The standard InChI is InChI=1S/C21H23N5O2/c1-15-5-2-3-7-18(15)19-24-21(28-25-19)26-11-8-17(9-12-26)20(27)23-14-16-6-4-10-22-13-16/h2-7,10,13,17H,8-9,11-12,14H2,1H3,(H,23,27). The molecule has 1 aromatic carbocycles. The van der Waals surface area contributed by atoms with Crippen LogP contribution in [0.2, 0.25) is 0 Å². The number of anilines is 1.